The lowest BCUT2D eigenvalue weighted by molar-refractivity contribution is -0.136. The standard InChI is InChI=1S/C18H21N3O3/c22-16(19-13-7-8-13)17(23)20-14-6-5-11-2-1-9-21(15(11)10-14)18(24)12-3-4-12/h5-6,10,12-13H,1-4,7-9H2,(H,19,22)(H,20,23). The van der Waals surface area contributed by atoms with E-state index in [-0.39, 0.29) is 17.9 Å². The average Bonchev–Trinajstić information content (AvgIpc) is 3.46. The SMILES string of the molecule is O=C(Nc1ccc2c(c1)N(C(=O)C1CC1)CCC2)C(=O)NC1CC1. The number of rotatable bonds is 3. The zero-order valence-electron chi connectivity index (χ0n) is 13.5. The van der Waals surface area contributed by atoms with E-state index in [1.165, 1.54) is 0 Å². The summed E-state index contributed by atoms with van der Waals surface area (Å²) in [5.74, 6) is -0.900. The Morgan fingerprint density at radius 2 is 1.83 bits per heavy atom. The normalized spacial score (nSPS) is 19.4. The van der Waals surface area contributed by atoms with Gasteiger partial charge in [-0.2, -0.15) is 0 Å². The Hall–Kier alpha value is -2.37. The van der Waals surface area contributed by atoms with Crippen LogP contribution in [0.25, 0.3) is 0 Å². The average molecular weight is 327 g/mol. The Balaban J connectivity index is 1.50. The minimum Gasteiger partial charge on any atom is -0.345 e. The molecule has 0 spiro atoms. The third kappa shape index (κ3) is 3.13. The fourth-order valence-corrected chi connectivity index (χ4v) is 3.10. The van der Waals surface area contributed by atoms with Crippen molar-refractivity contribution in [3.63, 3.8) is 0 Å². The Bertz CT molecular complexity index is 707. The van der Waals surface area contributed by atoms with E-state index in [2.05, 4.69) is 10.6 Å². The van der Waals surface area contributed by atoms with Crippen LogP contribution in [0.4, 0.5) is 11.4 Å². The molecule has 0 aromatic heterocycles. The molecule has 2 fully saturated rings. The minimum absolute atomic E-state index is 0.151. The van der Waals surface area contributed by atoms with Gasteiger partial charge in [-0.05, 0) is 56.2 Å². The second kappa shape index (κ2) is 5.92. The predicted molar refractivity (Wildman–Crippen MR) is 89.6 cm³/mol. The highest BCUT2D eigenvalue weighted by Crippen LogP contribution is 2.36. The molecule has 1 heterocycles. The maximum absolute atomic E-state index is 12.5. The van der Waals surface area contributed by atoms with Gasteiger partial charge >= 0.3 is 11.8 Å². The molecule has 0 saturated heterocycles. The molecule has 1 aliphatic heterocycles. The van der Waals surface area contributed by atoms with Gasteiger partial charge in [0.05, 0.1) is 0 Å². The van der Waals surface area contributed by atoms with Crippen LogP contribution in [0.15, 0.2) is 18.2 Å². The quantitative estimate of drug-likeness (QED) is 0.828. The van der Waals surface area contributed by atoms with Crippen molar-refractivity contribution >= 4 is 29.1 Å². The number of hydrogen-bond acceptors (Lipinski definition) is 3. The number of hydrogen-bond donors (Lipinski definition) is 2. The topological polar surface area (TPSA) is 78.5 Å². The van der Waals surface area contributed by atoms with Crippen molar-refractivity contribution in [2.45, 2.75) is 44.6 Å². The summed E-state index contributed by atoms with van der Waals surface area (Å²) in [7, 11) is 0. The van der Waals surface area contributed by atoms with Crippen molar-refractivity contribution in [1.29, 1.82) is 0 Å². The van der Waals surface area contributed by atoms with Crippen molar-refractivity contribution in [3.8, 4) is 0 Å². The van der Waals surface area contributed by atoms with Gasteiger partial charge in [0.15, 0.2) is 0 Å². The lowest BCUT2D eigenvalue weighted by atomic mass is 10.0. The van der Waals surface area contributed by atoms with Crippen molar-refractivity contribution in [3.05, 3.63) is 23.8 Å². The molecular weight excluding hydrogens is 306 g/mol. The van der Waals surface area contributed by atoms with Crippen LogP contribution in [0.5, 0.6) is 0 Å². The van der Waals surface area contributed by atoms with E-state index in [1.54, 1.807) is 6.07 Å². The second-order valence-electron chi connectivity index (χ2n) is 6.91. The molecule has 126 valence electrons. The zero-order chi connectivity index (χ0) is 16.7. The largest absolute Gasteiger partial charge is 0.345 e. The van der Waals surface area contributed by atoms with Crippen LogP contribution in [-0.2, 0) is 20.8 Å². The predicted octanol–water partition coefficient (Wildman–Crippen LogP) is 1.59. The van der Waals surface area contributed by atoms with Gasteiger partial charge < -0.3 is 15.5 Å². The van der Waals surface area contributed by atoms with Crippen LogP contribution in [0.2, 0.25) is 0 Å². The highest BCUT2D eigenvalue weighted by Gasteiger charge is 2.35. The maximum atomic E-state index is 12.5. The van der Waals surface area contributed by atoms with Gasteiger partial charge in [-0.1, -0.05) is 6.07 Å². The van der Waals surface area contributed by atoms with Gasteiger partial charge in [0.1, 0.15) is 0 Å². The fourth-order valence-electron chi connectivity index (χ4n) is 3.10. The number of fused-ring (bicyclic) bond motifs is 1. The molecule has 2 saturated carbocycles. The Labute approximate surface area is 140 Å². The van der Waals surface area contributed by atoms with Crippen LogP contribution in [0.3, 0.4) is 0 Å². The van der Waals surface area contributed by atoms with E-state index < -0.39 is 11.8 Å². The van der Waals surface area contributed by atoms with Crippen molar-refractivity contribution in [1.82, 2.24) is 5.32 Å². The minimum atomic E-state index is -0.655. The van der Waals surface area contributed by atoms with Gasteiger partial charge in [-0.15, -0.1) is 0 Å². The fraction of sp³-hybridized carbons (Fsp3) is 0.500. The molecule has 3 aliphatic rings. The number of anilines is 2. The first-order valence-electron chi connectivity index (χ1n) is 8.68. The number of benzene rings is 1. The van der Waals surface area contributed by atoms with E-state index in [1.807, 2.05) is 17.0 Å². The van der Waals surface area contributed by atoms with Crippen LogP contribution < -0.4 is 15.5 Å². The second-order valence-corrected chi connectivity index (χ2v) is 6.91. The van der Waals surface area contributed by atoms with Gasteiger partial charge in [-0.25, -0.2) is 0 Å². The van der Waals surface area contributed by atoms with E-state index >= 15 is 0 Å². The van der Waals surface area contributed by atoms with Crippen LogP contribution in [0.1, 0.15) is 37.7 Å². The maximum Gasteiger partial charge on any atom is 0.313 e. The number of carbonyl (C=O) groups is 3. The Morgan fingerprint density at radius 1 is 1.04 bits per heavy atom. The summed E-state index contributed by atoms with van der Waals surface area (Å²) in [4.78, 5) is 38.1. The summed E-state index contributed by atoms with van der Waals surface area (Å²) in [6.07, 6.45) is 5.72. The summed E-state index contributed by atoms with van der Waals surface area (Å²) in [5, 5.41) is 5.31. The van der Waals surface area contributed by atoms with Gasteiger partial charge in [0.25, 0.3) is 0 Å². The number of nitrogens with zero attached hydrogens (tertiary/aromatic N) is 1. The first-order chi connectivity index (χ1) is 11.6. The van der Waals surface area contributed by atoms with E-state index in [9.17, 15) is 14.4 Å². The van der Waals surface area contributed by atoms with Crippen molar-refractivity contribution in [2.75, 3.05) is 16.8 Å². The molecule has 6 heteroatoms. The highest BCUT2D eigenvalue weighted by atomic mass is 16.2. The molecule has 0 radical (unpaired) electrons. The number of nitrogens with one attached hydrogen (secondary N) is 2. The van der Waals surface area contributed by atoms with Crippen molar-refractivity contribution in [2.24, 2.45) is 5.92 Å². The van der Waals surface area contributed by atoms with E-state index in [0.29, 0.717) is 5.69 Å². The monoisotopic (exact) mass is 327 g/mol. The molecule has 1 aromatic carbocycles. The highest BCUT2D eigenvalue weighted by molar-refractivity contribution is 6.39. The molecule has 2 aliphatic carbocycles. The summed E-state index contributed by atoms with van der Waals surface area (Å²) in [5.41, 5.74) is 2.55. The van der Waals surface area contributed by atoms with E-state index in [4.69, 9.17) is 0 Å². The molecule has 3 amide bonds. The molecule has 2 N–H and O–H groups in total. The smallest absolute Gasteiger partial charge is 0.313 e. The Kier molecular flexibility index (Phi) is 3.75. The summed E-state index contributed by atoms with van der Waals surface area (Å²) in [6.45, 7) is 0.724. The van der Waals surface area contributed by atoms with Gasteiger partial charge in [0.2, 0.25) is 5.91 Å². The molecular formula is C18H21N3O3. The van der Waals surface area contributed by atoms with Crippen LogP contribution in [-0.4, -0.2) is 30.3 Å². The molecule has 4 rings (SSSR count). The lowest BCUT2D eigenvalue weighted by Crippen LogP contribution is -2.37. The van der Waals surface area contributed by atoms with Crippen LogP contribution in [0, 0.1) is 5.92 Å². The van der Waals surface area contributed by atoms with Crippen LogP contribution >= 0.6 is 0 Å². The summed E-state index contributed by atoms with van der Waals surface area (Å²) >= 11 is 0. The lowest BCUT2D eigenvalue weighted by Gasteiger charge is -2.30. The third-order valence-electron chi connectivity index (χ3n) is 4.77. The molecule has 0 unspecified atom stereocenters. The third-order valence-corrected chi connectivity index (χ3v) is 4.77. The zero-order valence-corrected chi connectivity index (χ0v) is 13.5. The molecule has 24 heavy (non-hydrogen) atoms. The molecule has 6 nitrogen and oxygen atoms in total. The first kappa shape index (κ1) is 15.2. The molecule has 0 atom stereocenters. The summed E-state index contributed by atoms with van der Waals surface area (Å²) < 4.78 is 0. The number of carbonyl (C=O) groups excluding carboxylic acids is 3. The molecule has 0 bridgehead atoms. The number of aryl methyl sites for hydroxylation is 1. The van der Waals surface area contributed by atoms with Gasteiger partial charge in [0, 0.05) is 29.9 Å². The van der Waals surface area contributed by atoms with E-state index in [0.717, 1.165) is 56.3 Å². The Morgan fingerprint density at radius 3 is 2.54 bits per heavy atom. The summed E-state index contributed by atoms with van der Waals surface area (Å²) in [6, 6.07) is 5.71. The van der Waals surface area contributed by atoms with Crippen molar-refractivity contribution < 1.29 is 14.4 Å². The molecule has 1 aromatic rings. The van der Waals surface area contributed by atoms with Gasteiger partial charge in [-0.3, -0.25) is 14.4 Å². The first-order valence-corrected chi connectivity index (χ1v) is 8.68. The number of amides is 3.